The second-order valence-corrected chi connectivity index (χ2v) is 4.48. The van der Waals surface area contributed by atoms with Gasteiger partial charge in [-0.05, 0) is 23.6 Å². The molecule has 0 saturated heterocycles. The largest absolute Gasteiger partial charge is 0.481 e. The van der Waals surface area contributed by atoms with Gasteiger partial charge in [-0.25, -0.2) is 0 Å². The SMILES string of the molecule is CC(C)C(C(=O)O)c1cccc2ncccc12. The molecule has 2 rings (SSSR count). The fraction of sp³-hybridized carbons (Fsp3) is 0.286. The number of carbonyl (C=O) groups is 1. The Bertz CT molecular complexity index is 543. The molecule has 0 spiro atoms. The lowest BCUT2D eigenvalue weighted by Crippen LogP contribution is -2.17. The van der Waals surface area contributed by atoms with Gasteiger partial charge in [0.1, 0.15) is 0 Å². The lowest BCUT2D eigenvalue weighted by Gasteiger charge is -2.18. The molecule has 1 aromatic heterocycles. The lowest BCUT2D eigenvalue weighted by molar-refractivity contribution is -0.139. The molecule has 0 radical (unpaired) electrons. The molecule has 1 unspecified atom stereocenters. The molecule has 17 heavy (non-hydrogen) atoms. The van der Waals surface area contributed by atoms with Crippen LogP contribution in [0.15, 0.2) is 36.5 Å². The molecule has 1 N–H and O–H groups in total. The van der Waals surface area contributed by atoms with Crippen molar-refractivity contribution in [1.29, 1.82) is 0 Å². The van der Waals surface area contributed by atoms with Crippen molar-refractivity contribution >= 4 is 16.9 Å². The van der Waals surface area contributed by atoms with E-state index in [1.54, 1.807) is 6.20 Å². The number of carboxylic acids is 1. The van der Waals surface area contributed by atoms with Crippen molar-refractivity contribution < 1.29 is 9.90 Å². The molecule has 1 atom stereocenters. The molecular formula is C14H15NO2. The van der Waals surface area contributed by atoms with Gasteiger partial charge in [0.25, 0.3) is 0 Å². The summed E-state index contributed by atoms with van der Waals surface area (Å²) in [6.45, 7) is 3.85. The Morgan fingerprint density at radius 2 is 2.00 bits per heavy atom. The molecule has 3 heteroatoms. The van der Waals surface area contributed by atoms with Gasteiger partial charge in [-0.3, -0.25) is 9.78 Å². The Morgan fingerprint density at radius 1 is 1.24 bits per heavy atom. The van der Waals surface area contributed by atoms with Gasteiger partial charge < -0.3 is 5.11 Å². The first-order chi connectivity index (χ1) is 8.11. The standard InChI is InChI=1S/C14H15NO2/c1-9(2)13(14(16)17)11-5-3-7-12-10(11)6-4-8-15-12/h3-9,13H,1-2H3,(H,16,17). The zero-order chi connectivity index (χ0) is 12.4. The van der Waals surface area contributed by atoms with Gasteiger partial charge in [-0.15, -0.1) is 0 Å². The molecule has 1 heterocycles. The molecule has 88 valence electrons. The number of aromatic nitrogens is 1. The van der Waals surface area contributed by atoms with Crippen LogP contribution >= 0.6 is 0 Å². The van der Waals surface area contributed by atoms with Gasteiger partial charge in [0.15, 0.2) is 0 Å². The highest BCUT2D eigenvalue weighted by Crippen LogP contribution is 2.30. The van der Waals surface area contributed by atoms with Gasteiger partial charge in [0.2, 0.25) is 0 Å². The topological polar surface area (TPSA) is 50.2 Å². The minimum atomic E-state index is -0.781. The van der Waals surface area contributed by atoms with Crippen LogP contribution in [0.2, 0.25) is 0 Å². The summed E-state index contributed by atoms with van der Waals surface area (Å²) in [5.41, 5.74) is 1.69. The smallest absolute Gasteiger partial charge is 0.311 e. The summed E-state index contributed by atoms with van der Waals surface area (Å²) >= 11 is 0. The Kier molecular flexibility index (Phi) is 3.09. The maximum atomic E-state index is 11.4. The van der Waals surface area contributed by atoms with Crippen LogP contribution in [-0.2, 0) is 4.79 Å². The van der Waals surface area contributed by atoms with Crippen molar-refractivity contribution in [3.63, 3.8) is 0 Å². The molecular weight excluding hydrogens is 214 g/mol. The van der Waals surface area contributed by atoms with E-state index in [4.69, 9.17) is 0 Å². The Morgan fingerprint density at radius 3 is 2.65 bits per heavy atom. The normalized spacial score (nSPS) is 12.9. The van der Waals surface area contributed by atoms with Crippen LogP contribution in [0.1, 0.15) is 25.3 Å². The monoisotopic (exact) mass is 229 g/mol. The highest BCUT2D eigenvalue weighted by molar-refractivity contribution is 5.88. The molecule has 0 bridgehead atoms. The number of fused-ring (bicyclic) bond motifs is 1. The molecule has 0 aliphatic carbocycles. The van der Waals surface area contributed by atoms with Crippen molar-refractivity contribution in [2.24, 2.45) is 5.92 Å². The summed E-state index contributed by atoms with van der Waals surface area (Å²) < 4.78 is 0. The molecule has 3 nitrogen and oxygen atoms in total. The van der Waals surface area contributed by atoms with E-state index in [1.165, 1.54) is 0 Å². The molecule has 0 aliphatic rings. The van der Waals surface area contributed by atoms with E-state index >= 15 is 0 Å². The zero-order valence-corrected chi connectivity index (χ0v) is 9.92. The lowest BCUT2D eigenvalue weighted by atomic mass is 9.86. The van der Waals surface area contributed by atoms with Crippen LogP contribution < -0.4 is 0 Å². The van der Waals surface area contributed by atoms with Crippen LogP contribution in [0.3, 0.4) is 0 Å². The molecule has 0 saturated carbocycles. The first-order valence-electron chi connectivity index (χ1n) is 5.67. The fourth-order valence-electron chi connectivity index (χ4n) is 2.18. The van der Waals surface area contributed by atoms with Crippen LogP contribution in [0.25, 0.3) is 10.9 Å². The third-order valence-corrected chi connectivity index (χ3v) is 2.95. The van der Waals surface area contributed by atoms with E-state index in [2.05, 4.69) is 4.98 Å². The second-order valence-electron chi connectivity index (χ2n) is 4.48. The summed E-state index contributed by atoms with van der Waals surface area (Å²) in [6, 6.07) is 9.41. The van der Waals surface area contributed by atoms with E-state index in [-0.39, 0.29) is 5.92 Å². The van der Waals surface area contributed by atoms with Gasteiger partial charge >= 0.3 is 5.97 Å². The van der Waals surface area contributed by atoms with Crippen molar-refractivity contribution in [2.45, 2.75) is 19.8 Å². The predicted molar refractivity (Wildman–Crippen MR) is 67.0 cm³/mol. The highest BCUT2D eigenvalue weighted by atomic mass is 16.4. The van der Waals surface area contributed by atoms with Crippen LogP contribution in [-0.4, -0.2) is 16.1 Å². The first kappa shape index (κ1) is 11.6. The number of nitrogens with zero attached hydrogens (tertiary/aromatic N) is 1. The fourth-order valence-corrected chi connectivity index (χ4v) is 2.18. The minimum Gasteiger partial charge on any atom is -0.481 e. The van der Waals surface area contributed by atoms with Crippen LogP contribution in [0.5, 0.6) is 0 Å². The van der Waals surface area contributed by atoms with E-state index in [0.29, 0.717) is 0 Å². The number of aliphatic carboxylic acids is 1. The molecule has 0 aliphatic heterocycles. The Balaban J connectivity index is 2.65. The Labute approximate surface area is 100 Å². The van der Waals surface area contributed by atoms with E-state index in [1.807, 2.05) is 44.2 Å². The van der Waals surface area contributed by atoms with Crippen molar-refractivity contribution in [3.8, 4) is 0 Å². The van der Waals surface area contributed by atoms with Gasteiger partial charge in [-0.2, -0.15) is 0 Å². The van der Waals surface area contributed by atoms with E-state index in [9.17, 15) is 9.90 Å². The quantitative estimate of drug-likeness (QED) is 0.880. The average molecular weight is 229 g/mol. The number of hydrogen-bond donors (Lipinski definition) is 1. The number of pyridine rings is 1. The second kappa shape index (κ2) is 4.53. The average Bonchev–Trinajstić information content (AvgIpc) is 2.28. The minimum absolute atomic E-state index is 0.0540. The maximum Gasteiger partial charge on any atom is 0.311 e. The maximum absolute atomic E-state index is 11.4. The molecule has 2 aromatic rings. The number of carboxylic acid groups (broad SMARTS) is 1. The van der Waals surface area contributed by atoms with Gasteiger partial charge in [0, 0.05) is 11.6 Å². The van der Waals surface area contributed by atoms with Crippen molar-refractivity contribution in [1.82, 2.24) is 4.98 Å². The van der Waals surface area contributed by atoms with Gasteiger partial charge in [-0.1, -0.05) is 32.0 Å². The number of benzene rings is 1. The van der Waals surface area contributed by atoms with E-state index in [0.717, 1.165) is 16.5 Å². The molecule has 1 aromatic carbocycles. The predicted octanol–water partition coefficient (Wildman–Crippen LogP) is 3.06. The first-order valence-corrected chi connectivity index (χ1v) is 5.67. The Hall–Kier alpha value is -1.90. The molecule has 0 fully saturated rings. The summed E-state index contributed by atoms with van der Waals surface area (Å²) in [5, 5.41) is 10.3. The van der Waals surface area contributed by atoms with Gasteiger partial charge in [0.05, 0.1) is 11.4 Å². The van der Waals surface area contributed by atoms with Crippen LogP contribution in [0, 0.1) is 5.92 Å². The summed E-state index contributed by atoms with van der Waals surface area (Å²) in [5.74, 6) is -1.21. The number of hydrogen-bond acceptors (Lipinski definition) is 2. The van der Waals surface area contributed by atoms with Crippen molar-refractivity contribution in [2.75, 3.05) is 0 Å². The third-order valence-electron chi connectivity index (χ3n) is 2.95. The highest BCUT2D eigenvalue weighted by Gasteiger charge is 2.25. The van der Waals surface area contributed by atoms with Crippen molar-refractivity contribution in [3.05, 3.63) is 42.1 Å². The zero-order valence-electron chi connectivity index (χ0n) is 9.92. The summed E-state index contributed by atoms with van der Waals surface area (Å²) in [7, 11) is 0. The summed E-state index contributed by atoms with van der Waals surface area (Å²) in [6.07, 6.45) is 1.72. The molecule has 0 amide bonds. The summed E-state index contributed by atoms with van der Waals surface area (Å²) in [4.78, 5) is 15.6. The number of rotatable bonds is 3. The van der Waals surface area contributed by atoms with E-state index < -0.39 is 11.9 Å². The van der Waals surface area contributed by atoms with Crippen LogP contribution in [0.4, 0.5) is 0 Å². The third kappa shape index (κ3) is 2.13.